The molecule has 0 spiro atoms. The van der Waals surface area contributed by atoms with E-state index in [1.54, 1.807) is 22.8 Å². The zero-order chi connectivity index (χ0) is 12.8. The van der Waals surface area contributed by atoms with E-state index in [2.05, 4.69) is 16.5 Å². The highest BCUT2D eigenvalue weighted by Gasteiger charge is 2.18. The standard InChI is InChI=1S/C12H15N3O2S/c1-2-3-5-15(7-10-4-6-17-8-10)12(16)11-9-18-14-13-11/h4,6,8-9H,2-3,5,7H2,1H3. The first kappa shape index (κ1) is 12.8. The van der Waals surface area contributed by atoms with Crippen LogP contribution in [-0.4, -0.2) is 26.9 Å². The lowest BCUT2D eigenvalue weighted by Gasteiger charge is -2.20. The van der Waals surface area contributed by atoms with Crippen molar-refractivity contribution in [2.75, 3.05) is 6.54 Å². The predicted molar refractivity (Wildman–Crippen MR) is 68.3 cm³/mol. The summed E-state index contributed by atoms with van der Waals surface area (Å²) in [4.78, 5) is 14.0. The number of amides is 1. The normalized spacial score (nSPS) is 10.5. The Bertz CT molecular complexity index is 467. The van der Waals surface area contributed by atoms with E-state index in [1.807, 2.05) is 6.07 Å². The van der Waals surface area contributed by atoms with E-state index >= 15 is 0 Å². The molecule has 2 aromatic heterocycles. The number of furan rings is 1. The minimum atomic E-state index is -0.0709. The maximum atomic E-state index is 12.2. The van der Waals surface area contributed by atoms with Gasteiger partial charge in [-0.1, -0.05) is 17.8 Å². The lowest BCUT2D eigenvalue weighted by molar-refractivity contribution is 0.0734. The van der Waals surface area contributed by atoms with Crippen molar-refractivity contribution in [3.8, 4) is 0 Å². The van der Waals surface area contributed by atoms with Crippen LogP contribution in [0.5, 0.6) is 0 Å². The lowest BCUT2D eigenvalue weighted by atomic mass is 10.2. The average Bonchev–Trinajstić information content (AvgIpc) is 3.06. The second-order valence-electron chi connectivity index (χ2n) is 4.00. The second-order valence-corrected chi connectivity index (χ2v) is 4.61. The van der Waals surface area contributed by atoms with E-state index < -0.39 is 0 Å². The molecule has 2 heterocycles. The SMILES string of the molecule is CCCCN(Cc1ccoc1)C(=O)c1csnn1. The van der Waals surface area contributed by atoms with Gasteiger partial charge in [0.2, 0.25) is 0 Å². The third-order valence-electron chi connectivity index (χ3n) is 2.60. The number of nitrogens with zero attached hydrogens (tertiary/aromatic N) is 3. The molecule has 18 heavy (non-hydrogen) atoms. The van der Waals surface area contributed by atoms with Crippen LogP contribution in [0.25, 0.3) is 0 Å². The van der Waals surface area contributed by atoms with Gasteiger partial charge in [-0.05, 0) is 24.0 Å². The van der Waals surface area contributed by atoms with Crippen LogP contribution < -0.4 is 0 Å². The second kappa shape index (κ2) is 6.30. The van der Waals surface area contributed by atoms with Gasteiger partial charge < -0.3 is 9.32 Å². The first-order chi connectivity index (χ1) is 8.81. The van der Waals surface area contributed by atoms with Crippen LogP contribution in [0.1, 0.15) is 35.8 Å². The maximum Gasteiger partial charge on any atom is 0.275 e. The molecule has 0 saturated heterocycles. The molecule has 0 unspecified atom stereocenters. The van der Waals surface area contributed by atoms with Crippen LogP contribution in [0.2, 0.25) is 0 Å². The van der Waals surface area contributed by atoms with Crippen LogP contribution in [-0.2, 0) is 6.54 Å². The Balaban J connectivity index is 2.07. The minimum absolute atomic E-state index is 0.0709. The summed E-state index contributed by atoms with van der Waals surface area (Å²) in [7, 11) is 0. The third-order valence-corrected chi connectivity index (χ3v) is 3.11. The number of hydrogen-bond acceptors (Lipinski definition) is 5. The van der Waals surface area contributed by atoms with E-state index in [4.69, 9.17) is 4.42 Å². The van der Waals surface area contributed by atoms with E-state index in [1.165, 1.54) is 11.5 Å². The molecule has 0 saturated carbocycles. The highest BCUT2D eigenvalue weighted by Crippen LogP contribution is 2.11. The van der Waals surface area contributed by atoms with Crippen LogP contribution in [0.4, 0.5) is 0 Å². The van der Waals surface area contributed by atoms with Gasteiger partial charge in [0.1, 0.15) is 0 Å². The number of carbonyl (C=O) groups is 1. The van der Waals surface area contributed by atoms with Crippen molar-refractivity contribution in [3.05, 3.63) is 35.2 Å². The molecule has 0 bridgehead atoms. The van der Waals surface area contributed by atoms with Gasteiger partial charge in [-0.15, -0.1) is 5.10 Å². The number of aromatic nitrogens is 2. The smallest absolute Gasteiger partial charge is 0.275 e. The molecule has 0 N–H and O–H groups in total. The first-order valence-electron chi connectivity index (χ1n) is 5.88. The average molecular weight is 265 g/mol. The van der Waals surface area contributed by atoms with E-state index in [-0.39, 0.29) is 5.91 Å². The minimum Gasteiger partial charge on any atom is -0.472 e. The van der Waals surface area contributed by atoms with Crippen molar-refractivity contribution in [1.82, 2.24) is 14.5 Å². The van der Waals surface area contributed by atoms with Crippen LogP contribution >= 0.6 is 11.5 Å². The van der Waals surface area contributed by atoms with Crippen LogP contribution in [0.3, 0.4) is 0 Å². The molecule has 96 valence electrons. The molecular weight excluding hydrogens is 250 g/mol. The largest absolute Gasteiger partial charge is 0.472 e. The molecule has 0 aliphatic heterocycles. The van der Waals surface area contributed by atoms with Crippen LogP contribution in [0, 0.1) is 0 Å². The number of hydrogen-bond donors (Lipinski definition) is 0. The highest BCUT2D eigenvalue weighted by atomic mass is 32.1. The summed E-state index contributed by atoms with van der Waals surface area (Å²) in [5.74, 6) is -0.0709. The Morgan fingerprint density at radius 1 is 1.56 bits per heavy atom. The number of rotatable bonds is 6. The van der Waals surface area contributed by atoms with Crippen LogP contribution in [0.15, 0.2) is 28.4 Å². The molecule has 2 rings (SSSR count). The van der Waals surface area contributed by atoms with Crippen molar-refractivity contribution in [2.45, 2.75) is 26.3 Å². The number of carbonyl (C=O) groups excluding carboxylic acids is 1. The summed E-state index contributed by atoms with van der Waals surface area (Å²) in [5.41, 5.74) is 1.40. The van der Waals surface area contributed by atoms with Crippen molar-refractivity contribution >= 4 is 17.4 Å². The fourth-order valence-corrected chi connectivity index (χ4v) is 2.05. The Labute approximate surface area is 110 Å². The molecule has 0 radical (unpaired) electrons. The maximum absolute atomic E-state index is 12.2. The van der Waals surface area contributed by atoms with E-state index in [9.17, 15) is 4.79 Å². The molecule has 0 aliphatic carbocycles. The van der Waals surface area contributed by atoms with Crippen molar-refractivity contribution in [1.29, 1.82) is 0 Å². The topological polar surface area (TPSA) is 59.2 Å². The van der Waals surface area contributed by atoms with Gasteiger partial charge in [-0.3, -0.25) is 4.79 Å². The summed E-state index contributed by atoms with van der Waals surface area (Å²) in [5, 5.41) is 5.51. The Hall–Kier alpha value is -1.69. The van der Waals surface area contributed by atoms with Gasteiger partial charge in [0.25, 0.3) is 5.91 Å². The molecule has 2 aromatic rings. The van der Waals surface area contributed by atoms with Crippen molar-refractivity contribution in [2.24, 2.45) is 0 Å². The molecule has 0 atom stereocenters. The fraction of sp³-hybridized carbons (Fsp3) is 0.417. The molecule has 0 fully saturated rings. The molecule has 1 amide bonds. The summed E-state index contributed by atoms with van der Waals surface area (Å²) in [6, 6.07) is 1.87. The third kappa shape index (κ3) is 3.16. The highest BCUT2D eigenvalue weighted by molar-refractivity contribution is 7.03. The monoisotopic (exact) mass is 265 g/mol. The summed E-state index contributed by atoms with van der Waals surface area (Å²) >= 11 is 1.19. The lowest BCUT2D eigenvalue weighted by Crippen LogP contribution is -2.31. The molecule has 0 aliphatic rings. The fourth-order valence-electron chi connectivity index (χ4n) is 1.62. The molecule has 0 aromatic carbocycles. The predicted octanol–water partition coefficient (Wildman–Crippen LogP) is 2.57. The molecule has 6 heteroatoms. The summed E-state index contributed by atoms with van der Waals surface area (Å²) in [6.45, 7) is 3.37. The van der Waals surface area contributed by atoms with Gasteiger partial charge >= 0.3 is 0 Å². The van der Waals surface area contributed by atoms with Gasteiger partial charge in [0.05, 0.1) is 12.5 Å². The number of unbranched alkanes of at least 4 members (excludes halogenated alkanes) is 1. The van der Waals surface area contributed by atoms with Gasteiger partial charge in [-0.25, -0.2) is 0 Å². The zero-order valence-corrected chi connectivity index (χ0v) is 11.0. The quantitative estimate of drug-likeness (QED) is 0.805. The van der Waals surface area contributed by atoms with Gasteiger partial charge in [-0.2, -0.15) is 0 Å². The summed E-state index contributed by atoms with van der Waals surface area (Å²) < 4.78 is 8.76. The van der Waals surface area contributed by atoms with E-state index in [0.29, 0.717) is 12.2 Å². The van der Waals surface area contributed by atoms with Gasteiger partial charge in [0.15, 0.2) is 5.69 Å². The van der Waals surface area contributed by atoms with Crippen molar-refractivity contribution in [3.63, 3.8) is 0 Å². The Morgan fingerprint density at radius 3 is 3.06 bits per heavy atom. The van der Waals surface area contributed by atoms with E-state index in [0.717, 1.165) is 24.9 Å². The first-order valence-corrected chi connectivity index (χ1v) is 6.72. The van der Waals surface area contributed by atoms with Gasteiger partial charge in [0, 0.05) is 24.0 Å². The molecule has 5 nitrogen and oxygen atoms in total. The summed E-state index contributed by atoms with van der Waals surface area (Å²) in [6.07, 6.45) is 5.29. The van der Waals surface area contributed by atoms with Crippen molar-refractivity contribution < 1.29 is 9.21 Å². The molecular formula is C12H15N3O2S. The Morgan fingerprint density at radius 2 is 2.44 bits per heavy atom. The Kier molecular flexibility index (Phi) is 4.46. The zero-order valence-electron chi connectivity index (χ0n) is 10.2.